The lowest BCUT2D eigenvalue weighted by molar-refractivity contribution is -0.153. The Morgan fingerprint density at radius 2 is 2.16 bits per heavy atom. The van der Waals surface area contributed by atoms with Crippen LogP contribution in [0, 0.1) is 11.3 Å². The zero-order chi connectivity index (χ0) is 23.0. The maximum atomic E-state index is 13.2. The van der Waals surface area contributed by atoms with Crippen LogP contribution in [0.25, 0.3) is 0 Å². The average molecular weight is 464 g/mol. The topological polar surface area (TPSA) is 83.5 Å². The number of halogens is 4. The fourth-order valence-electron chi connectivity index (χ4n) is 3.52. The first kappa shape index (κ1) is 21.9. The first-order chi connectivity index (χ1) is 15.2. The predicted octanol–water partition coefficient (Wildman–Crippen LogP) is 4.10. The van der Waals surface area contributed by atoms with Crippen LogP contribution in [0.1, 0.15) is 40.5 Å². The van der Waals surface area contributed by atoms with Crippen LogP contribution >= 0.6 is 11.6 Å². The third kappa shape index (κ3) is 4.34. The molecule has 1 amide bonds. The molecule has 32 heavy (non-hydrogen) atoms. The number of dihydropyridines is 1. The van der Waals surface area contributed by atoms with Crippen LogP contribution in [0.15, 0.2) is 35.5 Å². The number of aliphatic imine (C=N–C) groups is 1. The van der Waals surface area contributed by atoms with Crippen LogP contribution in [0.4, 0.5) is 13.2 Å². The number of benzene rings is 1. The van der Waals surface area contributed by atoms with Crippen molar-refractivity contribution in [2.24, 2.45) is 4.99 Å². The molecule has 0 saturated heterocycles. The lowest BCUT2D eigenvalue weighted by Crippen LogP contribution is -2.28. The van der Waals surface area contributed by atoms with Crippen molar-refractivity contribution in [3.63, 3.8) is 0 Å². The maximum Gasteiger partial charge on any atom is 0.422 e. The van der Waals surface area contributed by atoms with Crippen LogP contribution in [-0.4, -0.2) is 45.2 Å². The molecule has 0 saturated carbocycles. The summed E-state index contributed by atoms with van der Waals surface area (Å²) in [5.41, 5.74) is 1.13. The van der Waals surface area contributed by atoms with Crippen molar-refractivity contribution in [1.29, 1.82) is 5.26 Å². The Morgan fingerprint density at radius 1 is 1.38 bits per heavy atom. The van der Waals surface area contributed by atoms with Gasteiger partial charge in [-0.2, -0.15) is 23.5 Å². The van der Waals surface area contributed by atoms with Gasteiger partial charge >= 0.3 is 6.18 Å². The summed E-state index contributed by atoms with van der Waals surface area (Å²) in [6.07, 6.45) is 1.93. The predicted molar refractivity (Wildman–Crippen MR) is 110 cm³/mol. The van der Waals surface area contributed by atoms with Crippen LogP contribution < -0.4 is 4.74 Å². The molecule has 2 aliphatic rings. The SMILES string of the molecule is CC1CC=CC(n2cc3c(n2)CN(C(=O)c2c(OCC(F)(F)F)ccc(C#N)c2Cl)C3)=N1. The summed E-state index contributed by atoms with van der Waals surface area (Å²) in [5, 5.41) is 13.5. The van der Waals surface area contributed by atoms with E-state index in [-0.39, 0.29) is 41.0 Å². The van der Waals surface area contributed by atoms with Gasteiger partial charge in [0.15, 0.2) is 6.61 Å². The van der Waals surface area contributed by atoms with E-state index in [9.17, 15) is 23.2 Å². The number of allylic oxidation sites excluding steroid dienone is 1. The number of carbonyl (C=O) groups excluding carboxylic acids is 1. The molecule has 11 heteroatoms. The van der Waals surface area contributed by atoms with Crippen LogP contribution in [0.5, 0.6) is 5.75 Å². The second-order valence-corrected chi connectivity index (χ2v) is 7.88. The van der Waals surface area contributed by atoms with Gasteiger partial charge in [-0.25, -0.2) is 4.68 Å². The number of alkyl halides is 3. The molecule has 7 nitrogen and oxygen atoms in total. The van der Waals surface area contributed by atoms with Gasteiger partial charge in [-0.15, -0.1) is 0 Å². The van der Waals surface area contributed by atoms with Crippen molar-refractivity contribution < 1.29 is 22.7 Å². The quantitative estimate of drug-likeness (QED) is 0.686. The molecule has 2 aromatic rings. The second kappa shape index (κ2) is 8.31. The Balaban J connectivity index is 1.58. The van der Waals surface area contributed by atoms with Crippen molar-refractivity contribution in [3.05, 3.63) is 57.9 Å². The normalized spacial score (nSPS) is 17.7. The first-order valence-electron chi connectivity index (χ1n) is 9.70. The highest BCUT2D eigenvalue weighted by molar-refractivity contribution is 6.35. The highest BCUT2D eigenvalue weighted by Gasteiger charge is 2.33. The minimum absolute atomic E-state index is 0.0345. The first-order valence-corrected chi connectivity index (χ1v) is 10.1. The molecular weight excluding hydrogens is 447 g/mol. The molecule has 0 N–H and O–H groups in total. The van der Waals surface area contributed by atoms with Crippen molar-refractivity contribution in [3.8, 4) is 11.8 Å². The molecule has 3 heterocycles. The number of nitriles is 1. The number of rotatable bonds is 3. The van der Waals surface area contributed by atoms with E-state index in [1.807, 2.05) is 25.1 Å². The van der Waals surface area contributed by atoms with Crippen molar-refractivity contribution in [1.82, 2.24) is 14.7 Å². The number of hydrogen-bond acceptors (Lipinski definition) is 5. The van der Waals surface area contributed by atoms with Crippen LogP contribution in [-0.2, 0) is 13.1 Å². The molecule has 1 atom stereocenters. The number of ether oxygens (including phenoxy) is 1. The Hall–Kier alpha value is -3.32. The molecule has 1 unspecified atom stereocenters. The largest absolute Gasteiger partial charge is 0.483 e. The molecule has 1 aromatic heterocycles. The third-order valence-electron chi connectivity index (χ3n) is 5.03. The van der Waals surface area contributed by atoms with Crippen molar-refractivity contribution >= 4 is 23.3 Å². The van der Waals surface area contributed by atoms with Gasteiger partial charge in [-0.3, -0.25) is 9.79 Å². The number of nitrogens with zero attached hydrogens (tertiary/aromatic N) is 5. The maximum absolute atomic E-state index is 13.2. The van der Waals surface area contributed by atoms with E-state index in [4.69, 9.17) is 16.3 Å². The van der Waals surface area contributed by atoms with Crippen LogP contribution in [0.2, 0.25) is 5.02 Å². The summed E-state index contributed by atoms with van der Waals surface area (Å²) < 4.78 is 44.4. The van der Waals surface area contributed by atoms with Gasteiger partial charge in [0.25, 0.3) is 5.91 Å². The van der Waals surface area contributed by atoms with Gasteiger partial charge in [-0.1, -0.05) is 17.7 Å². The molecular formula is C21H17ClF3N5O2. The summed E-state index contributed by atoms with van der Waals surface area (Å²) in [7, 11) is 0. The number of fused-ring (bicyclic) bond motifs is 1. The zero-order valence-electron chi connectivity index (χ0n) is 16.9. The molecule has 1 aromatic carbocycles. The molecule has 0 spiro atoms. The van der Waals surface area contributed by atoms with Gasteiger partial charge in [-0.05, 0) is 31.6 Å². The van der Waals surface area contributed by atoms with E-state index in [1.54, 1.807) is 10.9 Å². The van der Waals surface area contributed by atoms with Gasteiger partial charge in [0.2, 0.25) is 0 Å². The zero-order valence-corrected chi connectivity index (χ0v) is 17.6. The average Bonchev–Trinajstić information content (AvgIpc) is 3.31. The van der Waals surface area contributed by atoms with Crippen molar-refractivity contribution in [2.45, 2.75) is 38.7 Å². The smallest absolute Gasteiger partial charge is 0.422 e. The second-order valence-electron chi connectivity index (χ2n) is 7.50. The van der Waals surface area contributed by atoms with Crippen molar-refractivity contribution in [2.75, 3.05) is 6.61 Å². The van der Waals surface area contributed by atoms with Gasteiger partial charge < -0.3 is 9.64 Å². The number of amides is 1. The summed E-state index contributed by atoms with van der Waals surface area (Å²) in [6, 6.07) is 4.34. The molecule has 0 bridgehead atoms. The lowest BCUT2D eigenvalue weighted by atomic mass is 10.1. The number of hydrogen-bond donors (Lipinski definition) is 0. The van der Waals surface area contributed by atoms with Gasteiger partial charge in [0.1, 0.15) is 23.2 Å². The fraction of sp³-hybridized carbons (Fsp3) is 0.333. The Morgan fingerprint density at radius 3 is 2.81 bits per heavy atom. The third-order valence-corrected chi connectivity index (χ3v) is 5.42. The number of aromatic nitrogens is 2. The van der Waals surface area contributed by atoms with Crippen LogP contribution in [0.3, 0.4) is 0 Å². The fourth-order valence-corrected chi connectivity index (χ4v) is 3.80. The van der Waals surface area contributed by atoms with E-state index in [2.05, 4.69) is 10.1 Å². The minimum atomic E-state index is -4.60. The molecule has 0 fully saturated rings. The Labute approximate surface area is 186 Å². The van der Waals surface area contributed by atoms with E-state index in [0.717, 1.165) is 18.1 Å². The summed E-state index contributed by atoms with van der Waals surface area (Å²) in [4.78, 5) is 19.1. The summed E-state index contributed by atoms with van der Waals surface area (Å²) >= 11 is 6.19. The van der Waals surface area contributed by atoms with E-state index in [1.165, 1.54) is 11.0 Å². The van der Waals surface area contributed by atoms with E-state index in [0.29, 0.717) is 11.5 Å². The monoisotopic (exact) mass is 463 g/mol. The highest BCUT2D eigenvalue weighted by Crippen LogP contribution is 2.34. The Bertz CT molecular complexity index is 1160. The molecule has 0 radical (unpaired) electrons. The lowest BCUT2D eigenvalue weighted by Gasteiger charge is -2.20. The Kier molecular flexibility index (Phi) is 5.69. The standard InChI is InChI=1S/C21H17ClF3N5O2/c1-12-3-2-4-17(27-12)30-9-14-8-29(10-15(14)28-30)20(31)18-16(32-11-21(23,24)25)6-5-13(7-26)19(18)22/h2,4-6,9,12H,3,8,10-11H2,1H3. The van der Waals surface area contributed by atoms with E-state index < -0.39 is 18.7 Å². The number of carbonyl (C=O) groups is 1. The highest BCUT2D eigenvalue weighted by atomic mass is 35.5. The molecule has 0 aliphatic carbocycles. The minimum Gasteiger partial charge on any atom is -0.483 e. The molecule has 166 valence electrons. The van der Waals surface area contributed by atoms with Gasteiger partial charge in [0.05, 0.1) is 28.9 Å². The summed E-state index contributed by atoms with van der Waals surface area (Å²) in [5.74, 6) is -0.275. The molecule has 4 rings (SSSR count). The van der Waals surface area contributed by atoms with Gasteiger partial charge in [0, 0.05) is 18.3 Å². The van der Waals surface area contributed by atoms with E-state index >= 15 is 0 Å². The molecule has 2 aliphatic heterocycles. The summed E-state index contributed by atoms with van der Waals surface area (Å²) in [6.45, 7) is 0.737.